The summed E-state index contributed by atoms with van der Waals surface area (Å²) in [5.74, 6) is 0.590. The number of aryl methyl sites for hydroxylation is 1. The average molecular weight is 187 g/mol. The number of nitrogens with zero attached hydrogens (tertiary/aromatic N) is 3. The number of hydrogen-bond acceptors (Lipinski definition) is 3. The maximum atomic E-state index is 8.74. The van der Waals surface area contributed by atoms with Crippen LogP contribution in [0.2, 0.25) is 0 Å². The molecule has 0 radical (unpaired) electrons. The van der Waals surface area contributed by atoms with Crippen LogP contribution in [-0.4, -0.2) is 16.9 Å². The molecule has 0 aliphatic rings. The molecule has 4 heteroatoms. The SMILES string of the molecule is COc1nn(C)c2cc(C#N)ccc12. The Morgan fingerprint density at radius 1 is 1.50 bits per heavy atom. The summed E-state index contributed by atoms with van der Waals surface area (Å²) in [5.41, 5.74) is 1.53. The van der Waals surface area contributed by atoms with Crippen LogP contribution in [0.15, 0.2) is 18.2 Å². The smallest absolute Gasteiger partial charge is 0.240 e. The molecule has 0 atom stereocenters. The fourth-order valence-corrected chi connectivity index (χ4v) is 1.44. The van der Waals surface area contributed by atoms with Gasteiger partial charge in [-0.1, -0.05) is 0 Å². The third-order valence-electron chi connectivity index (χ3n) is 2.14. The van der Waals surface area contributed by atoms with Crippen molar-refractivity contribution in [1.82, 2.24) is 9.78 Å². The van der Waals surface area contributed by atoms with Crippen LogP contribution >= 0.6 is 0 Å². The van der Waals surface area contributed by atoms with E-state index in [1.165, 1.54) is 0 Å². The van der Waals surface area contributed by atoms with Crippen molar-refractivity contribution < 1.29 is 4.74 Å². The molecule has 0 saturated carbocycles. The molecule has 1 aromatic heterocycles. The Morgan fingerprint density at radius 3 is 2.93 bits per heavy atom. The maximum Gasteiger partial charge on any atom is 0.240 e. The molecule has 0 bridgehead atoms. The van der Waals surface area contributed by atoms with E-state index in [1.807, 2.05) is 13.1 Å². The molecule has 0 fully saturated rings. The van der Waals surface area contributed by atoms with E-state index in [2.05, 4.69) is 11.2 Å². The molecule has 0 unspecified atom stereocenters. The molecule has 0 saturated heterocycles. The van der Waals surface area contributed by atoms with E-state index in [1.54, 1.807) is 23.9 Å². The van der Waals surface area contributed by atoms with E-state index >= 15 is 0 Å². The van der Waals surface area contributed by atoms with Crippen molar-refractivity contribution in [1.29, 1.82) is 5.26 Å². The van der Waals surface area contributed by atoms with Crippen molar-refractivity contribution in [2.24, 2.45) is 7.05 Å². The van der Waals surface area contributed by atoms with E-state index in [4.69, 9.17) is 10.00 Å². The summed E-state index contributed by atoms with van der Waals surface area (Å²) in [6, 6.07) is 7.49. The molecule has 0 amide bonds. The molecule has 0 spiro atoms. The topological polar surface area (TPSA) is 50.8 Å². The predicted molar refractivity (Wildman–Crippen MR) is 52.0 cm³/mol. The number of hydrogen-bond donors (Lipinski definition) is 0. The molecule has 2 aromatic rings. The van der Waals surface area contributed by atoms with Gasteiger partial charge in [0, 0.05) is 7.05 Å². The van der Waals surface area contributed by atoms with E-state index in [9.17, 15) is 0 Å². The van der Waals surface area contributed by atoms with Crippen molar-refractivity contribution in [3.05, 3.63) is 23.8 Å². The Bertz CT molecular complexity index is 522. The standard InChI is InChI=1S/C10H9N3O/c1-13-9-5-7(6-11)3-4-8(9)10(12-13)14-2/h3-5H,1-2H3. The lowest BCUT2D eigenvalue weighted by Gasteiger charge is -1.93. The highest BCUT2D eigenvalue weighted by molar-refractivity contribution is 5.85. The van der Waals surface area contributed by atoms with Gasteiger partial charge in [-0.3, -0.25) is 4.68 Å². The zero-order valence-corrected chi connectivity index (χ0v) is 7.98. The molecule has 14 heavy (non-hydrogen) atoms. The van der Waals surface area contributed by atoms with Crippen molar-refractivity contribution in [3.63, 3.8) is 0 Å². The van der Waals surface area contributed by atoms with Gasteiger partial charge in [-0.15, -0.1) is 5.10 Å². The second kappa shape index (κ2) is 3.04. The lowest BCUT2D eigenvalue weighted by atomic mass is 10.2. The number of fused-ring (bicyclic) bond motifs is 1. The second-order valence-electron chi connectivity index (χ2n) is 2.98. The van der Waals surface area contributed by atoms with Crippen LogP contribution in [0, 0.1) is 11.3 Å². The minimum atomic E-state index is 0.590. The maximum absolute atomic E-state index is 8.74. The molecule has 4 nitrogen and oxygen atoms in total. The fourth-order valence-electron chi connectivity index (χ4n) is 1.44. The minimum absolute atomic E-state index is 0.590. The van der Waals surface area contributed by atoms with Crippen molar-refractivity contribution in [3.8, 4) is 11.9 Å². The zero-order chi connectivity index (χ0) is 10.1. The summed E-state index contributed by atoms with van der Waals surface area (Å²) in [6.07, 6.45) is 0. The normalized spacial score (nSPS) is 10.1. The summed E-state index contributed by atoms with van der Waals surface area (Å²) in [5, 5.41) is 13.8. The number of benzene rings is 1. The minimum Gasteiger partial charge on any atom is -0.479 e. The van der Waals surface area contributed by atoms with Crippen molar-refractivity contribution in [2.75, 3.05) is 7.11 Å². The first kappa shape index (κ1) is 8.57. The van der Waals surface area contributed by atoms with Crippen LogP contribution in [0.1, 0.15) is 5.56 Å². The summed E-state index contributed by atoms with van der Waals surface area (Å²) in [4.78, 5) is 0. The summed E-state index contributed by atoms with van der Waals surface area (Å²) in [7, 11) is 3.41. The number of nitriles is 1. The van der Waals surface area contributed by atoms with Crippen LogP contribution in [-0.2, 0) is 7.05 Å². The molecule has 1 heterocycles. The van der Waals surface area contributed by atoms with Gasteiger partial charge in [-0.25, -0.2) is 0 Å². The third-order valence-corrected chi connectivity index (χ3v) is 2.14. The number of rotatable bonds is 1. The van der Waals surface area contributed by atoms with Crippen LogP contribution in [0.25, 0.3) is 10.9 Å². The van der Waals surface area contributed by atoms with Gasteiger partial charge in [0.2, 0.25) is 5.88 Å². The van der Waals surface area contributed by atoms with Crippen LogP contribution in [0.4, 0.5) is 0 Å². The highest BCUT2D eigenvalue weighted by Gasteiger charge is 2.08. The van der Waals surface area contributed by atoms with Gasteiger partial charge in [-0.2, -0.15) is 5.26 Å². The first-order valence-electron chi connectivity index (χ1n) is 4.17. The molecule has 2 rings (SSSR count). The largest absolute Gasteiger partial charge is 0.479 e. The first-order chi connectivity index (χ1) is 6.76. The molecule has 0 aliphatic carbocycles. The molecule has 0 aliphatic heterocycles. The summed E-state index contributed by atoms with van der Waals surface area (Å²) < 4.78 is 6.81. The van der Waals surface area contributed by atoms with E-state index < -0.39 is 0 Å². The van der Waals surface area contributed by atoms with Gasteiger partial charge in [0.1, 0.15) is 0 Å². The first-order valence-corrected chi connectivity index (χ1v) is 4.17. The predicted octanol–water partition coefficient (Wildman–Crippen LogP) is 1.45. The number of ether oxygens (including phenoxy) is 1. The average Bonchev–Trinajstić information content (AvgIpc) is 2.55. The third kappa shape index (κ3) is 1.11. The second-order valence-corrected chi connectivity index (χ2v) is 2.98. The van der Waals surface area contributed by atoms with Crippen LogP contribution < -0.4 is 4.74 Å². The monoisotopic (exact) mass is 187 g/mol. The summed E-state index contributed by atoms with van der Waals surface area (Å²) in [6.45, 7) is 0. The van der Waals surface area contributed by atoms with Gasteiger partial charge in [0.25, 0.3) is 0 Å². The number of aromatic nitrogens is 2. The lowest BCUT2D eigenvalue weighted by Crippen LogP contribution is -1.90. The van der Waals surface area contributed by atoms with Gasteiger partial charge in [0.05, 0.1) is 29.6 Å². The summed E-state index contributed by atoms with van der Waals surface area (Å²) >= 11 is 0. The van der Waals surface area contributed by atoms with E-state index in [0.717, 1.165) is 10.9 Å². The van der Waals surface area contributed by atoms with Gasteiger partial charge < -0.3 is 4.74 Å². The van der Waals surface area contributed by atoms with Crippen molar-refractivity contribution in [2.45, 2.75) is 0 Å². The molecule has 0 N–H and O–H groups in total. The molecular formula is C10H9N3O. The Balaban J connectivity index is 2.78. The highest BCUT2D eigenvalue weighted by Crippen LogP contribution is 2.24. The van der Waals surface area contributed by atoms with Gasteiger partial charge >= 0.3 is 0 Å². The quantitative estimate of drug-likeness (QED) is 0.679. The van der Waals surface area contributed by atoms with Crippen LogP contribution in [0.3, 0.4) is 0 Å². The molecule has 1 aromatic carbocycles. The zero-order valence-electron chi connectivity index (χ0n) is 7.98. The Kier molecular flexibility index (Phi) is 1.86. The Morgan fingerprint density at radius 2 is 2.29 bits per heavy atom. The van der Waals surface area contributed by atoms with E-state index in [0.29, 0.717) is 11.4 Å². The Labute approximate surface area is 81.3 Å². The van der Waals surface area contributed by atoms with Gasteiger partial charge in [0.15, 0.2) is 0 Å². The Hall–Kier alpha value is -2.02. The molecular weight excluding hydrogens is 178 g/mol. The van der Waals surface area contributed by atoms with Crippen molar-refractivity contribution >= 4 is 10.9 Å². The highest BCUT2D eigenvalue weighted by atomic mass is 16.5. The van der Waals surface area contributed by atoms with Gasteiger partial charge in [-0.05, 0) is 18.2 Å². The molecule has 70 valence electrons. The number of methoxy groups -OCH3 is 1. The fraction of sp³-hybridized carbons (Fsp3) is 0.200. The van der Waals surface area contributed by atoms with Crippen LogP contribution in [0.5, 0.6) is 5.88 Å². The van der Waals surface area contributed by atoms with E-state index in [-0.39, 0.29) is 0 Å². The lowest BCUT2D eigenvalue weighted by molar-refractivity contribution is 0.396.